The number of allylic oxidation sites excluding steroid dienone is 2. The van der Waals surface area contributed by atoms with Gasteiger partial charge in [-0.2, -0.15) is 0 Å². The molecule has 3 aromatic rings. The first kappa shape index (κ1) is 35.6. The van der Waals surface area contributed by atoms with Crippen molar-refractivity contribution in [2.24, 2.45) is 5.41 Å². The average molecular weight is 689 g/mol. The zero-order valence-corrected chi connectivity index (χ0v) is 29.8. The van der Waals surface area contributed by atoms with Crippen LogP contribution in [0.1, 0.15) is 85.3 Å². The molecular formula is C41H50ClFN2O4. The van der Waals surface area contributed by atoms with Gasteiger partial charge < -0.3 is 19.8 Å². The minimum atomic E-state index is -0.979. The van der Waals surface area contributed by atoms with Gasteiger partial charge in [0.05, 0.1) is 24.5 Å². The third kappa shape index (κ3) is 7.46. The number of hydrogen-bond acceptors (Lipinski definition) is 6. The quantitative estimate of drug-likeness (QED) is 0.195. The second kappa shape index (κ2) is 14.9. The van der Waals surface area contributed by atoms with Crippen molar-refractivity contribution in [2.45, 2.75) is 82.8 Å². The number of benzene rings is 3. The molecule has 1 saturated heterocycles. The van der Waals surface area contributed by atoms with E-state index in [1.165, 1.54) is 11.6 Å². The van der Waals surface area contributed by atoms with Gasteiger partial charge in [0.25, 0.3) is 0 Å². The summed E-state index contributed by atoms with van der Waals surface area (Å²) in [5, 5.41) is 23.9. The second-order valence-corrected chi connectivity index (χ2v) is 15.1. The first-order chi connectivity index (χ1) is 23.5. The number of rotatable bonds is 7. The van der Waals surface area contributed by atoms with Gasteiger partial charge in [0.2, 0.25) is 0 Å². The molecule has 1 heterocycles. The lowest BCUT2D eigenvalue weighted by Crippen LogP contribution is -2.56. The van der Waals surface area contributed by atoms with Crippen molar-refractivity contribution in [1.29, 1.82) is 0 Å². The third-order valence-corrected chi connectivity index (χ3v) is 12.0. The van der Waals surface area contributed by atoms with Crippen molar-refractivity contribution in [2.75, 3.05) is 44.7 Å². The van der Waals surface area contributed by atoms with Crippen molar-refractivity contribution in [3.63, 3.8) is 0 Å². The van der Waals surface area contributed by atoms with Crippen molar-refractivity contribution in [3.05, 3.63) is 105 Å². The summed E-state index contributed by atoms with van der Waals surface area (Å²) in [5.41, 5.74) is 3.34. The normalized spacial score (nSPS) is 26.6. The maximum Gasteiger partial charge on any atom is 0.167 e. The van der Waals surface area contributed by atoms with Crippen molar-refractivity contribution in [1.82, 2.24) is 4.90 Å². The van der Waals surface area contributed by atoms with Crippen LogP contribution in [0.25, 0.3) is 0 Å². The number of β-amino-alcohol motifs (C(OH)–C–C–N with tert-alkyl or cyclic N) is 1. The Balaban J connectivity index is 1.32. The van der Waals surface area contributed by atoms with Crippen LogP contribution < -0.4 is 9.64 Å². The van der Waals surface area contributed by atoms with Crippen molar-refractivity contribution in [3.8, 4) is 5.75 Å². The zero-order valence-electron chi connectivity index (χ0n) is 29.1. The molecule has 8 heteroatoms. The van der Waals surface area contributed by atoms with Crippen LogP contribution in [-0.4, -0.2) is 72.4 Å². The number of halogens is 2. The van der Waals surface area contributed by atoms with E-state index in [9.17, 15) is 19.4 Å². The van der Waals surface area contributed by atoms with Gasteiger partial charge in [0.15, 0.2) is 5.78 Å². The van der Waals surface area contributed by atoms with Gasteiger partial charge in [-0.1, -0.05) is 60.5 Å². The fourth-order valence-electron chi connectivity index (χ4n) is 8.61. The van der Waals surface area contributed by atoms with Crippen LogP contribution in [0.3, 0.4) is 0 Å². The molecule has 2 N–H and O–H groups in total. The molecule has 7 rings (SSSR count). The van der Waals surface area contributed by atoms with Crippen LogP contribution >= 0.6 is 11.6 Å². The van der Waals surface area contributed by atoms with E-state index in [0.29, 0.717) is 31.4 Å². The Hall–Kier alpha value is -3.23. The lowest BCUT2D eigenvalue weighted by Gasteiger charge is -2.47. The molecule has 1 aliphatic heterocycles. The number of fused-ring (bicyclic) bond motifs is 8. The highest BCUT2D eigenvalue weighted by molar-refractivity contribution is 6.31. The van der Waals surface area contributed by atoms with Crippen molar-refractivity contribution >= 4 is 23.1 Å². The smallest absolute Gasteiger partial charge is 0.167 e. The minimum Gasteiger partial charge on any atom is -0.495 e. The fourth-order valence-corrected chi connectivity index (χ4v) is 8.84. The Labute approximate surface area is 295 Å². The number of Topliss-reactive ketones (excluding diaryl/α,β-unsaturated/α-hetero) is 1. The van der Waals surface area contributed by atoms with Gasteiger partial charge >= 0.3 is 0 Å². The van der Waals surface area contributed by atoms with Gasteiger partial charge in [0.1, 0.15) is 11.6 Å². The molecule has 0 amide bonds. The molecule has 4 aliphatic rings. The molecular weight excluding hydrogens is 639 g/mol. The van der Waals surface area contributed by atoms with Gasteiger partial charge in [0, 0.05) is 60.7 Å². The first-order valence-electron chi connectivity index (χ1n) is 17.8. The summed E-state index contributed by atoms with van der Waals surface area (Å²) in [6.45, 7) is 8.21. The second-order valence-electron chi connectivity index (χ2n) is 14.7. The van der Waals surface area contributed by atoms with E-state index in [1.807, 2.05) is 36.4 Å². The summed E-state index contributed by atoms with van der Waals surface area (Å²) in [4.78, 5) is 18.9. The molecule has 4 atom stereocenters. The first-order valence-corrected chi connectivity index (χ1v) is 18.1. The number of anilines is 1. The van der Waals surface area contributed by atoms with Crippen LogP contribution in [-0.2, 0) is 12.8 Å². The largest absolute Gasteiger partial charge is 0.495 e. The fraction of sp³-hybridized carbons (Fsp3) is 0.488. The lowest BCUT2D eigenvalue weighted by molar-refractivity contribution is -0.0841. The van der Waals surface area contributed by atoms with E-state index in [1.54, 1.807) is 19.2 Å². The van der Waals surface area contributed by atoms with Crippen molar-refractivity contribution < 1.29 is 24.1 Å². The lowest BCUT2D eigenvalue weighted by atomic mass is 9.64. The number of nitrogens with zero attached hydrogens (tertiary/aromatic N) is 2. The SMILES string of the molecule is COc1ccccc1N1CCN(C[C@]2(O)CC[C@H]3c4ccc(cc4C(=O)Cc4c(F)cccc4Cl)C[C@@H](O)CCC(C)=CCC[C@@]32C)CC1. The topological polar surface area (TPSA) is 73.2 Å². The molecule has 0 aromatic heterocycles. The highest BCUT2D eigenvalue weighted by Gasteiger charge is 2.57. The molecule has 2 bridgehead atoms. The average Bonchev–Trinajstić information content (AvgIpc) is 3.34. The predicted octanol–water partition coefficient (Wildman–Crippen LogP) is 7.77. The van der Waals surface area contributed by atoms with Gasteiger partial charge in [-0.3, -0.25) is 9.69 Å². The molecule has 49 heavy (non-hydrogen) atoms. The van der Waals surface area contributed by atoms with E-state index in [-0.39, 0.29) is 28.7 Å². The highest BCUT2D eigenvalue weighted by Crippen LogP contribution is 2.59. The zero-order chi connectivity index (χ0) is 34.8. The number of methoxy groups -OCH3 is 1. The van der Waals surface area contributed by atoms with Crippen LogP contribution in [0.2, 0.25) is 5.02 Å². The Morgan fingerprint density at radius 3 is 2.57 bits per heavy atom. The maximum absolute atomic E-state index is 14.9. The Morgan fingerprint density at radius 1 is 1.04 bits per heavy atom. The predicted molar refractivity (Wildman–Crippen MR) is 195 cm³/mol. The number of aliphatic hydroxyl groups excluding tert-OH is 1. The van der Waals surface area contributed by atoms with Crippen LogP contribution in [0.15, 0.2) is 72.3 Å². The molecule has 0 unspecified atom stereocenters. The van der Waals surface area contributed by atoms with Gasteiger partial charge in [-0.05, 0) is 99.2 Å². The summed E-state index contributed by atoms with van der Waals surface area (Å²) in [7, 11) is 1.70. The number of piperazine rings is 1. The molecule has 3 aliphatic carbocycles. The Bertz CT molecular complexity index is 1670. The Morgan fingerprint density at radius 2 is 1.82 bits per heavy atom. The number of hydrogen-bond donors (Lipinski definition) is 2. The van der Waals surface area contributed by atoms with Crippen LogP contribution in [0.5, 0.6) is 5.75 Å². The van der Waals surface area contributed by atoms with E-state index in [0.717, 1.165) is 74.4 Å². The third-order valence-electron chi connectivity index (χ3n) is 11.7. The van der Waals surface area contributed by atoms with E-state index < -0.39 is 22.9 Å². The number of aliphatic hydroxyl groups is 2. The number of para-hydroxylation sites is 2. The number of ketones is 1. The number of carbonyl (C=O) groups is 1. The minimum absolute atomic E-state index is 0.0852. The summed E-state index contributed by atoms with van der Waals surface area (Å²) >= 11 is 6.38. The molecule has 0 spiro atoms. The van der Waals surface area contributed by atoms with E-state index in [4.69, 9.17) is 16.3 Å². The Kier molecular flexibility index (Phi) is 10.9. The molecule has 3 aromatic carbocycles. The maximum atomic E-state index is 14.9. The number of carbonyl (C=O) groups excluding carboxylic acids is 1. The van der Waals surface area contributed by atoms with Crippen LogP contribution in [0, 0.1) is 11.2 Å². The van der Waals surface area contributed by atoms with Crippen LogP contribution in [0.4, 0.5) is 10.1 Å². The summed E-state index contributed by atoms with van der Waals surface area (Å²) in [6.07, 6.45) is 6.33. The number of ether oxygens (including phenoxy) is 1. The molecule has 2 fully saturated rings. The standard InChI is InChI=1S/C41H50ClFN2O4/c1-28-8-7-18-40(2)34(17-19-41(40,48)27-44-20-22-45(23-21-44)37-11-4-5-12-39(37)49-3)31-16-14-29(24-30(46)15-13-28)25-32(31)38(47)26-33-35(42)9-6-10-36(33)43/h4-6,8-12,14,16,25,30,34,46,48H,7,13,15,17-24,26-27H2,1-3H3/t30-,34-,40-,41+/m0/s1. The molecule has 1 saturated carbocycles. The molecule has 0 radical (unpaired) electrons. The highest BCUT2D eigenvalue weighted by atomic mass is 35.5. The summed E-state index contributed by atoms with van der Waals surface area (Å²) in [6, 6.07) is 18.6. The monoisotopic (exact) mass is 688 g/mol. The van der Waals surface area contributed by atoms with E-state index >= 15 is 0 Å². The van der Waals surface area contributed by atoms with Gasteiger partial charge in [-0.25, -0.2) is 4.39 Å². The van der Waals surface area contributed by atoms with E-state index in [2.05, 4.69) is 35.8 Å². The molecule has 262 valence electrons. The van der Waals surface area contributed by atoms with Gasteiger partial charge in [-0.15, -0.1) is 0 Å². The molecule has 6 nitrogen and oxygen atoms in total. The summed E-state index contributed by atoms with van der Waals surface area (Å²) in [5.74, 6) is 0.0839. The summed E-state index contributed by atoms with van der Waals surface area (Å²) < 4.78 is 20.5.